The first-order valence-electron chi connectivity index (χ1n) is 18.8. The Morgan fingerprint density at radius 3 is 2.25 bits per heavy atom. The number of esters is 2. The average molecular weight is 713 g/mol. The van der Waals surface area contributed by atoms with Gasteiger partial charge in [0.05, 0.1) is 24.4 Å². The molecule has 1 heterocycles. The maximum absolute atomic E-state index is 12.9. The summed E-state index contributed by atoms with van der Waals surface area (Å²) in [5.41, 5.74) is 4.05. The SMILES string of the molecule is CC(=CC=CC(C)=CC[C@@H](O)C[C@H](C)O)C=C(C)C=CC(=O)O[C@H]1CCCC(=O)O[C@@H]([C@@H](C)CC(C)=C[C@@H](C)[C@H](O)C[C@@H](C)O)CC=CC[C@@H]1C. The summed E-state index contributed by atoms with van der Waals surface area (Å²) in [5.74, 6) is -0.582. The quantitative estimate of drug-likeness (QED) is 0.0514. The fourth-order valence-electron chi connectivity index (χ4n) is 6.13. The summed E-state index contributed by atoms with van der Waals surface area (Å²) in [6.07, 6.45) is 21.0. The number of allylic oxidation sites excluding steroid dienone is 10. The Morgan fingerprint density at radius 1 is 0.922 bits per heavy atom. The van der Waals surface area contributed by atoms with Gasteiger partial charge in [0.25, 0.3) is 0 Å². The predicted octanol–water partition coefficient (Wildman–Crippen LogP) is 8.18. The molecule has 0 aromatic carbocycles. The maximum Gasteiger partial charge on any atom is 0.331 e. The van der Waals surface area contributed by atoms with Gasteiger partial charge in [-0.25, -0.2) is 4.79 Å². The van der Waals surface area contributed by atoms with E-state index < -0.39 is 30.4 Å². The van der Waals surface area contributed by atoms with Gasteiger partial charge in [0.15, 0.2) is 0 Å². The molecule has 0 amide bonds. The number of ether oxygens (including phenoxy) is 2. The molecule has 0 bridgehead atoms. The van der Waals surface area contributed by atoms with E-state index in [0.29, 0.717) is 38.5 Å². The molecule has 0 aromatic heterocycles. The summed E-state index contributed by atoms with van der Waals surface area (Å²) in [7, 11) is 0. The lowest BCUT2D eigenvalue weighted by atomic mass is 9.90. The molecule has 0 saturated heterocycles. The van der Waals surface area contributed by atoms with Crippen molar-refractivity contribution < 1.29 is 39.5 Å². The maximum atomic E-state index is 12.9. The topological polar surface area (TPSA) is 134 Å². The summed E-state index contributed by atoms with van der Waals surface area (Å²) in [6.45, 7) is 17.3. The summed E-state index contributed by atoms with van der Waals surface area (Å²) >= 11 is 0. The van der Waals surface area contributed by atoms with Gasteiger partial charge in [0, 0.05) is 24.8 Å². The third-order valence-electron chi connectivity index (χ3n) is 9.09. The Kier molecular flexibility index (Phi) is 22.6. The van der Waals surface area contributed by atoms with Gasteiger partial charge in [-0.05, 0) is 98.3 Å². The van der Waals surface area contributed by atoms with Crippen LogP contribution in [0.4, 0.5) is 0 Å². The van der Waals surface area contributed by atoms with E-state index in [-0.39, 0.29) is 42.4 Å². The summed E-state index contributed by atoms with van der Waals surface area (Å²) in [6, 6.07) is 0. The van der Waals surface area contributed by atoms with Gasteiger partial charge in [0.1, 0.15) is 12.2 Å². The molecule has 1 aliphatic rings. The molecule has 0 unspecified atom stereocenters. The van der Waals surface area contributed by atoms with Gasteiger partial charge >= 0.3 is 11.9 Å². The van der Waals surface area contributed by atoms with Gasteiger partial charge in [-0.3, -0.25) is 4.79 Å². The second-order valence-electron chi connectivity index (χ2n) is 14.9. The fourth-order valence-corrected chi connectivity index (χ4v) is 6.13. The van der Waals surface area contributed by atoms with E-state index in [2.05, 4.69) is 26.0 Å². The Hall–Kier alpha value is -3.04. The van der Waals surface area contributed by atoms with Crippen molar-refractivity contribution in [3.63, 3.8) is 0 Å². The van der Waals surface area contributed by atoms with E-state index in [1.165, 1.54) is 6.08 Å². The van der Waals surface area contributed by atoms with E-state index in [1.54, 1.807) is 19.9 Å². The number of rotatable bonds is 17. The van der Waals surface area contributed by atoms with Gasteiger partial charge in [-0.1, -0.05) is 97.7 Å². The highest BCUT2D eigenvalue weighted by atomic mass is 16.5. The molecule has 288 valence electrons. The summed E-state index contributed by atoms with van der Waals surface area (Å²) in [4.78, 5) is 25.7. The van der Waals surface area contributed by atoms with Crippen molar-refractivity contribution in [2.75, 3.05) is 0 Å². The van der Waals surface area contributed by atoms with Crippen molar-refractivity contribution in [1.82, 2.24) is 0 Å². The van der Waals surface area contributed by atoms with Crippen LogP contribution in [0.15, 0.2) is 83.1 Å². The molecule has 0 aliphatic carbocycles. The first kappa shape index (κ1) is 46.0. The molecule has 0 radical (unpaired) electrons. The highest BCUT2D eigenvalue weighted by molar-refractivity contribution is 5.82. The normalized spacial score (nSPS) is 24.3. The minimum absolute atomic E-state index is 0.0808. The lowest BCUT2D eigenvalue weighted by molar-refractivity contribution is -0.151. The van der Waals surface area contributed by atoms with E-state index in [0.717, 1.165) is 35.1 Å². The standard InChI is InChI=1S/C43H68O8/c1-29(20-22-38(46)27-36(8)44)14-12-15-30(2)24-31(3)21-23-43(49)50-40-18-13-19-42(48)51-41(17-11-10-16-33(40)5)35(7)26-32(4)25-34(6)39(47)28-37(9)45/h10-12,14-15,20-21,23-25,33-41,44-47H,13,16-19,22,26-28H2,1-9H3/t33-,34+,35-,36-,37+,38+,39+,40-,41+/m0/s1. The van der Waals surface area contributed by atoms with Gasteiger partial charge in [-0.2, -0.15) is 0 Å². The Bertz CT molecular complexity index is 1260. The lowest BCUT2D eigenvalue weighted by Gasteiger charge is -2.26. The largest absolute Gasteiger partial charge is 0.462 e. The molecule has 0 saturated carbocycles. The van der Waals surface area contributed by atoms with Crippen LogP contribution in [0.2, 0.25) is 0 Å². The highest BCUT2D eigenvalue weighted by Gasteiger charge is 2.25. The van der Waals surface area contributed by atoms with Gasteiger partial charge in [-0.15, -0.1) is 0 Å². The van der Waals surface area contributed by atoms with Gasteiger partial charge < -0.3 is 29.9 Å². The van der Waals surface area contributed by atoms with Crippen molar-refractivity contribution in [2.45, 2.75) is 157 Å². The van der Waals surface area contributed by atoms with E-state index in [4.69, 9.17) is 9.47 Å². The first-order valence-corrected chi connectivity index (χ1v) is 18.8. The number of carbonyl (C=O) groups excluding carboxylic acids is 2. The third kappa shape index (κ3) is 21.8. The monoisotopic (exact) mass is 712 g/mol. The second kappa shape index (κ2) is 25.0. The summed E-state index contributed by atoms with van der Waals surface area (Å²) < 4.78 is 11.8. The molecule has 1 rings (SSSR count). The van der Waals surface area contributed by atoms with Crippen LogP contribution in [0.1, 0.15) is 120 Å². The van der Waals surface area contributed by atoms with Crippen molar-refractivity contribution in [1.29, 1.82) is 0 Å². The number of hydrogen-bond acceptors (Lipinski definition) is 8. The average Bonchev–Trinajstić information content (AvgIpc) is 3.02. The minimum atomic E-state index is -0.612. The van der Waals surface area contributed by atoms with Crippen LogP contribution in [-0.4, -0.2) is 69.0 Å². The highest BCUT2D eigenvalue weighted by Crippen LogP contribution is 2.26. The molecule has 8 heteroatoms. The van der Waals surface area contributed by atoms with Crippen LogP contribution in [-0.2, 0) is 19.1 Å². The first-order chi connectivity index (χ1) is 24.0. The number of hydrogen-bond donors (Lipinski definition) is 4. The van der Waals surface area contributed by atoms with Crippen molar-refractivity contribution in [3.8, 4) is 0 Å². The van der Waals surface area contributed by atoms with Crippen LogP contribution in [0.3, 0.4) is 0 Å². The molecular weight excluding hydrogens is 644 g/mol. The smallest absolute Gasteiger partial charge is 0.331 e. The zero-order valence-corrected chi connectivity index (χ0v) is 32.8. The predicted molar refractivity (Wildman–Crippen MR) is 207 cm³/mol. The van der Waals surface area contributed by atoms with Crippen LogP contribution < -0.4 is 0 Å². The van der Waals surface area contributed by atoms with Gasteiger partial charge in [0.2, 0.25) is 0 Å². The Labute approximate surface area is 308 Å². The zero-order chi connectivity index (χ0) is 38.5. The molecule has 0 fully saturated rings. The third-order valence-corrected chi connectivity index (χ3v) is 9.09. The van der Waals surface area contributed by atoms with Crippen molar-refractivity contribution >= 4 is 11.9 Å². The molecule has 0 aromatic rings. The number of aliphatic hydroxyl groups excluding tert-OH is 4. The second-order valence-corrected chi connectivity index (χ2v) is 14.9. The van der Waals surface area contributed by atoms with Crippen LogP contribution >= 0.6 is 0 Å². The molecule has 51 heavy (non-hydrogen) atoms. The summed E-state index contributed by atoms with van der Waals surface area (Å²) in [5, 5.41) is 39.2. The van der Waals surface area contributed by atoms with Crippen LogP contribution in [0.25, 0.3) is 0 Å². The number of aliphatic hydroxyl groups is 4. The molecule has 9 atom stereocenters. The minimum Gasteiger partial charge on any atom is -0.462 e. The molecular formula is C43H68O8. The van der Waals surface area contributed by atoms with Crippen LogP contribution in [0.5, 0.6) is 0 Å². The van der Waals surface area contributed by atoms with Crippen molar-refractivity contribution in [3.05, 3.63) is 83.1 Å². The molecule has 1 aliphatic heterocycles. The van der Waals surface area contributed by atoms with E-state index >= 15 is 0 Å². The Morgan fingerprint density at radius 2 is 1.59 bits per heavy atom. The lowest BCUT2D eigenvalue weighted by Crippen LogP contribution is -2.27. The zero-order valence-electron chi connectivity index (χ0n) is 32.8. The van der Waals surface area contributed by atoms with Crippen molar-refractivity contribution in [2.24, 2.45) is 17.8 Å². The molecule has 4 N–H and O–H groups in total. The number of cyclic esters (lactones) is 1. The fraction of sp³-hybridized carbons (Fsp3) is 0.628. The van der Waals surface area contributed by atoms with Crippen LogP contribution in [0, 0.1) is 17.8 Å². The number of carbonyl (C=O) groups is 2. The van der Waals surface area contributed by atoms with E-state index in [9.17, 15) is 30.0 Å². The molecule has 8 nitrogen and oxygen atoms in total. The Balaban J connectivity index is 2.77. The molecule has 0 spiro atoms. The van der Waals surface area contributed by atoms with E-state index in [1.807, 2.05) is 71.1 Å².